The van der Waals surface area contributed by atoms with E-state index in [9.17, 15) is 9.90 Å². The lowest BCUT2D eigenvalue weighted by atomic mass is 9.99. The molecule has 2 aromatic carbocycles. The largest absolute Gasteiger partial charge is 0.491 e. The van der Waals surface area contributed by atoms with E-state index in [1.165, 1.54) is 11.1 Å². The molecular formula is C29H42N2O5. The molecule has 0 spiro atoms. The molecule has 2 bridgehead atoms. The lowest BCUT2D eigenvalue weighted by molar-refractivity contribution is 0.00664. The third kappa shape index (κ3) is 9.54. The van der Waals surface area contributed by atoms with Crippen LogP contribution in [-0.4, -0.2) is 74.2 Å². The van der Waals surface area contributed by atoms with Gasteiger partial charge >= 0.3 is 0 Å². The van der Waals surface area contributed by atoms with Crippen LogP contribution in [-0.2, 0) is 22.4 Å². The summed E-state index contributed by atoms with van der Waals surface area (Å²) in [5.41, 5.74) is 3.92. The SMILES string of the molecule is CC(C)CN1CCOCCOc2ccc(C(=O)NCC(O)COC(C)C)cc2Cc2cccc(c2)C1. The van der Waals surface area contributed by atoms with Gasteiger partial charge < -0.3 is 24.6 Å². The van der Waals surface area contributed by atoms with Crippen LogP contribution >= 0.6 is 0 Å². The molecule has 0 fully saturated rings. The maximum absolute atomic E-state index is 12.8. The molecule has 0 radical (unpaired) electrons. The van der Waals surface area contributed by atoms with Crippen LogP contribution in [0.3, 0.4) is 0 Å². The average Bonchev–Trinajstić information content (AvgIpc) is 2.83. The summed E-state index contributed by atoms with van der Waals surface area (Å²) in [7, 11) is 0. The molecule has 1 amide bonds. The van der Waals surface area contributed by atoms with E-state index in [-0.39, 0.29) is 25.2 Å². The van der Waals surface area contributed by atoms with E-state index in [1.807, 2.05) is 26.0 Å². The van der Waals surface area contributed by atoms with Crippen LogP contribution < -0.4 is 10.1 Å². The molecular weight excluding hydrogens is 456 g/mol. The van der Waals surface area contributed by atoms with Gasteiger partial charge in [0.25, 0.3) is 5.91 Å². The van der Waals surface area contributed by atoms with E-state index in [1.54, 1.807) is 6.07 Å². The van der Waals surface area contributed by atoms with Gasteiger partial charge in [-0.15, -0.1) is 0 Å². The van der Waals surface area contributed by atoms with E-state index in [2.05, 4.69) is 48.3 Å². The summed E-state index contributed by atoms with van der Waals surface area (Å²) in [6, 6.07) is 14.1. The van der Waals surface area contributed by atoms with Crippen molar-refractivity contribution in [3.05, 3.63) is 64.7 Å². The molecule has 0 aromatic heterocycles. The monoisotopic (exact) mass is 498 g/mol. The minimum absolute atomic E-state index is 0.0293. The summed E-state index contributed by atoms with van der Waals surface area (Å²) in [5.74, 6) is 1.10. The Labute approximate surface area is 215 Å². The molecule has 3 rings (SSSR count). The number of fused-ring (bicyclic) bond motifs is 3. The van der Waals surface area contributed by atoms with Gasteiger partial charge in [0.2, 0.25) is 0 Å². The maximum Gasteiger partial charge on any atom is 0.251 e. The second kappa shape index (κ2) is 14.3. The fourth-order valence-corrected chi connectivity index (χ4v) is 4.25. The van der Waals surface area contributed by atoms with Gasteiger partial charge in [-0.05, 0) is 54.7 Å². The average molecular weight is 499 g/mol. The molecule has 1 atom stereocenters. The number of hydrogen-bond donors (Lipinski definition) is 2. The molecule has 1 heterocycles. The highest BCUT2D eigenvalue weighted by Crippen LogP contribution is 2.25. The number of nitrogens with one attached hydrogen (secondary N) is 1. The third-order valence-electron chi connectivity index (χ3n) is 5.90. The van der Waals surface area contributed by atoms with Gasteiger partial charge in [0.1, 0.15) is 12.4 Å². The minimum Gasteiger partial charge on any atom is -0.491 e. The summed E-state index contributed by atoms with van der Waals surface area (Å²) in [4.78, 5) is 15.2. The summed E-state index contributed by atoms with van der Waals surface area (Å²) in [6.07, 6.45) is -0.0724. The van der Waals surface area contributed by atoms with E-state index >= 15 is 0 Å². The lowest BCUT2D eigenvalue weighted by Crippen LogP contribution is -2.35. The lowest BCUT2D eigenvalue weighted by Gasteiger charge is -2.25. The third-order valence-corrected chi connectivity index (χ3v) is 5.90. The number of ether oxygens (including phenoxy) is 3. The second-order valence-electron chi connectivity index (χ2n) is 10.2. The van der Waals surface area contributed by atoms with Crippen molar-refractivity contribution in [1.29, 1.82) is 0 Å². The molecule has 1 aliphatic rings. The molecule has 2 N–H and O–H groups in total. The van der Waals surface area contributed by atoms with Gasteiger partial charge in [-0.1, -0.05) is 38.1 Å². The molecule has 0 saturated heterocycles. The number of rotatable bonds is 8. The predicted molar refractivity (Wildman–Crippen MR) is 142 cm³/mol. The summed E-state index contributed by atoms with van der Waals surface area (Å²) >= 11 is 0. The zero-order chi connectivity index (χ0) is 25.9. The molecule has 2 aromatic rings. The number of hydrogen-bond acceptors (Lipinski definition) is 6. The Morgan fingerprint density at radius 1 is 1.08 bits per heavy atom. The Hall–Kier alpha value is -2.45. The van der Waals surface area contributed by atoms with Crippen LogP contribution in [0.25, 0.3) is 0 Å². The Bertz CT molecular complexity index is 962. The van der Waals surface area contributed by atoms with Crippen molar-refractivity contribution in [2.24, 2.45) is 5.92 Å². The summed E-state index contributed by atoms with van der Waals surface area (Å²) < 4.78 is 17.3. The van der Waals surface area contributed by atoms with E-state index in [4.69, 9.17) is 14.2 Å². The van der Waals surface area contributed by atoms with Gasteiger partial charge in [0.05, 0.1) is 32.0 Å². The number of nitrogens with zero attached hydrogens (tertiary/aromatic N) is 1. The Balaban J connectivity index is 1.76. The predicted octanol–water partition coefficient (Wildman–Crippen LogP) is 3.66. The standard InChI is InChI=1S/C29H42N2O5/c1-21(2)18-31-10-11-34-12-13-35-28-9-8-25(29(33)30-17-27(32)20-36-22(3)4)16-26(28)15-23-6-5-7-24(14-23)19-31/h5-9,14,16,21-22,27,32H,10-13,15,17-20H2,1-4H3,(H,30,33). The molecule has 0 aliphatic carbocycles. The number of aliphatic hydroxyl groups excluding tert-OH is 1. The molecule has 1 unspecified atom stereocenters. The van der Waals surface area contributed by atoms with Crippen molar-refractivity contribution in [2.45, 2.75) is 52.9 Å². The van der Waals surface area contributed by atoms with Crippen molar-refractivity contribution in [2.75, 3.05) is 46.1 Å². The first-order valence-electron chi connectivity index (χ1n) is 13.0. The van der Waals surface area contributed by atoms with Crippen molar-refractivity contribution in [3.63, 3.8) is 0 Å². The molecule has 36 heavy (non-hydrogen) atoms. The Kier molecular flexibility index (Phi) is 11.2. The smallest absolute Gasteiger partial charge is 0.251 e. The van der Waals surface area contributed by atoms with Crippen molar-refractivity contribution < 1.29 is 24.1 Å². The minimum atomic E-state index is -0.755. The van der Waals surface area contributed by atoms with Crippen LogP contribution in [0.1, 0.15) is 54.7 Å². The number of amides is 1. The van der Waals surface area contributed by atoms with E-state index in [0.29, 0.717) is 37.7 Å². The van der Waals surface area contributed by atoms with Gasteiger partial charge in [0.15, 0.2) is 0 Å². The van der Waals surface area contributed by atoms with Crippen molar-refractivity contribution >= 4 is 5.91 Å². The molecule has 7 heteroatoms. The number of aliphatic hydroxyl groups is 1. The van der Waals surface area contributed by atoms with Gasteiger partial charge in [-0.2, -0.15) is 0 Å². The molecule has 7 nitrogen and oxygen atoms in total. The molecule has 1 aliphatic heterocycles. The first kappa shape index (κ1) is 28.1. The number of carbonyl (C=O) groups excluding carboxylic acids is 1. The van der Waals surface area contributed by atoms with Gasteiger partial charge in [-0.3, -0.25) is 9.69 Å². The highest BCUT2D eigenvalue weighted by Gasteiger charge is 2.15. The van der Waals surface area contributed by atoms with Gasteiger partial charge in [-0.25, -0.2) is 0 Å². The van der Waals surface area contributed by atoms with Gasteiger partial charge in [0, 0.05) is 38.2 Å². The zero-order valence-electron chi connectivity index (χ0n) is 22.2. The first-order valence-corrected chi connectivity index (χ1v) is 13.0. The van der Waals surface area contributed by atoms with E-state index in [0.717, 1.165) is 30.9 Å². The summed E-state index contributed by atoms with van der Waals surface area (Å²) in [6.45, 7) is 13.0. The van der Waals surface area contributed by atoms with Crippen LogP contribution in [0, 0.1) is 5.92 Å². The van der Waals surface area contributed by atoms with Crippen molar-refractivity contribution in [1.82, 2.24) is 10.2 Å². The van der Waals surface area contributed by atoms with E-state index < -0.39 is 6.10 Å². The highest BCUT2D eigenvalue weighted by molar-refractivity contribution is 5.94. The fraction of sp³-hybridized carbons (Fsp3) is 0.552. The normalized spacial score (nSPS) is 16.2. The van der Waals surface area contributed by atoms with Crippen LogP contribution in [0.5, 0.6) is 5.75 Å². The first-order chi connectivity index (χ1) is 17.3. The zero-order valence-corrected chi connectivity index (χ0v) is 22.2. The Morgan fingerprint density at radius 3 is 2.67 bits per heavy atom. The molecule has 198 valence electrons. The highest BCUT2D eigenvalue weighted by atomic mass is 16.5. The quantitative estimate of drug-likeness (QED) is 0.578. The maximum atomic E-state index is 12.8. The number of benzene rings is 2. The topological polar surface area (TPSA) is 80.3 Å². The van der Waals surface area contributed by atoms with Crippen LogP contribution in [0.15, 0.2) is 42.5 Å². The molecule has 0 saturated carbocycles. The van der Waals surface area contributed by atoms with Crippen LogP contribution in [0.4, 0.5) is 0 Å². The second-order valence-corrected chi connectivity index (χ2v) is 10.2. The van der Waals surface area contributed by atoms with Crippen LogP contribution in [0.2, 0.25) is 0 Å². The summed E-state index contributed by atoms with van der Waals surface area (Å²) in [5, 5.41) is 12.9. The Morgan fingerprint density at radius 2 is 1.89 bits per heavy atom. The fourth-order valence-electron chi connectivity index (χ4n) is 4.25. The number of carbonyl (C=O) groups is 1. The van der Waals surface area contributed by atoms with Crippen molar-refractivity contribution in [3.8, 4) is 5.75 Å².